The summed E-state index contributed by atoms with van der Waals surface area (Å²) in [5.74, 6) is -0.166. The molecule has 0 unspecified atom stereocenters. The third kappa shape index (κ3) is 3.06. The molecule has 11 heavy (non-hydrogen) atoms. The first kappa shape index (κ1) is 10.7. The van der Waals surface area contributed by atoms with Crippen molar-refractivity contribution in [2.75, 3.05) is 7.05 Å². The summed E-state index contributed by atoms with van der Waals surface area (Å²) in [5, 5.41) is 3.52. The molecule has 2 nitrogen and oxygen atoms in total. The van der Waals surface area contributed by atoms with E-state index in [1.807, 2.05) is 18.2 Å². The van der Waals surface area contributed by atoms with Crippen molar-refractivity contribution >= 4 is 35.5 Å². The van der Waals surface area contributed by atoms with Crippen molar-refractivity contribution < 1.29 is 4.79 Å². The van der Waals surface area contributed by atoms with Gasteiger partial charge in [-0.1, -0.05) is 18.2 Å². The van der Waals surface area contributed by atoms with Gasteiger partial charge < -0.3 is 0 Å². The fraction of sp³-hybridized carbons (Fsp3) is 0.125. The van der Waals surface area contributed by atoms with Gasteiger partial charge in [0.05, 0.1) is 0 Å². The van der Waals surface area contributed by atoms with Crippen LogP contribution in [0.15, 0.2) is 30.3 Å². The molecule has 0 aromatic heterocycles. The number of amides is 1. The summed E-state index contributed by atoms with van der Waals surface area (Å²) in [4.78, 5) is 10.8. The topological polar surface area (TPSA) is 31.2 Å². The fourth-order valence-electron chi connectivity index (χ4n) is 0.710. The van der Waals surface area contributed by atoms with E-state index in [1.165, 1.54) is 7.05 Å². The number of hydrogen-bond acceptors (Lipinski definition) is 1. The van der Waals surface area contributed by atoms with E-state index in [-0.39, 0.29) is 35.5 Å². The molecule has 0 bridgehead atoms. The fourth-order valence-corrected chi connectivity index (χ4v) is 0.710. The average molecular weight is 158 g/mol. The van der Waals surface area contributed by atoms with Crippen molar-refractivity contribution in [1.29, 1.82) is 0 Å². The Morgan fingerprint density at radius 3 is 2.27 bits per heavy atom. The Morgan fingerprint density at radius 2 is 1.82 bits per heavy atom. The summed E-state index contributed by atoms with van der Waals surface area (Å²) in [6.45, 7) is 0. The van der Waals surface area contributed by atoms with Crippen LogP contribution in [0.1, 0.15) is 10.4 Å². The van der Waals surface area contributed by atoms with Crippen molar-refractivity contribution in [1.82, 2.24) is 5.32 Å². The van der Waals surface area contributed by atoms with Crippen LogP contribution >= 0.6 is 0 Å². The van der Waals surface area contributed by atoms with Crippen LogP contribution in [0.25, 0.3) is 0 Å². The number of rotatable bonds is 1. The Balaban J connectivity index is 0.000001000. The Hall–Kier alpha value is -0.310. The molecule has 0 saturated heterocycles. The molecular formula is C8H9NNaO. The number of nitrogens with zero attached hydrogens (tertiary/aromatic N) is 1. The van der Waals surface area contributed by atoms with Gasteiger partial charge in [-0.3, -0.25) is 10.1 Å². The number of benzene rings is 1. The van der Waals surface area contributed by atoms with Crippen LogP contribution in [-0.4, -0.2) is 42.5 Å². The molecule has 0 spiro atoms. The predicted molar refractivity (Wildman–Crippen MR) is 46.0 cm³/mol. The van der Waals surface area contributed by atoms with E-state index < -0.39 is 0 Å². The van der Waals surface area contributed by atoms with Gasteiger partial charge >= 0.3 is 29.6 Å². The molecule has 0 aliphatic rings. The van der Waals surface area contributed by atoms with Gasteiger partial charge in [0.2, 0.25) is 0 Å². The summed E-state index contributed by atoms with van der Waals surface area (Å²) in [6.07, 6.45) is 0. The van der Waals surface area contributed by atoms with Crippen molar-refractivity contribution in [3.05, 3.63) is 35.9 Å². The van der Waals surface area contributed by atoms with Crippen molar-refractivity contribution in [3.8, 4) is 0 Å². The summed E-state index contributed by atoms with van der Waals surface area (Å²) in [7, 11) is 1.50. The molecule has 0 saturated carbocycles. The van der Waals surface area contributed by atoms with Crippen molar-refractivity contribution in [3.63, 3.8) is 0 Å². The Labute approximate surface area is 88.3 Å². The second-order valence-electron chi connectivity index (χ2n) is 1.89. The minimum absolute atomic E-state index is 0. The van der Waals surface area contributed by atoms with E-state index in [1.54, 1.807) is 12.1 Å². The van der Waals surface area contributed by atoms with Crippen LogP contribution in [0.3, 0.4) is 0 Å². The van der Waals surface area contributed by atoms with Crippen LogP contribution < -0.4 is 5.32 Å². The normalized spacial score (nSPS) is 8.09. The molecular weight excluding hydrogens is 149 g/mol. The van der Waals surface area contributed by atoms with Crippen LogP contribution in [-0.2, 0) is 0 Å². The molecule has 1 aromatic carbocycles. The van der Waals surface area contributed by atoms with Gasteiger partial charge in [0.1, 0.15) is 0 Å². The molecule has 1 amide bonds. The number of carbonyl (C=O) groups is 1. The molecule has 3 heteroatoms. The van der Waals surface area contributed by atoms with Crippen molar-refractivity contribution in [2.45, 2.75) is 0 Å². The third-order valence-electron chi connectivity index (χ3n) is 1.22. The van der Waals surface area contributed by atoms with Gasteiger partial charge in [0.15, 0.2) is 0 Å². The zero-order valence-corrected chi connectivity index (χ0v) is 5.74. The molecule has 0 heterocycles. The zero-order chi connectivity index (χ0) is 7.40. The summed E-state index contributed by atoms with van der Waals surface area (Å²) in [6, 6.07) is 8.99. The molecule has 1 aromatic rings. The second kappa shape index (κ2) is 5.35. The SMILES string of the molecule is C[N]C(=O)c1ccccc1.[NaH]. The van der Waals surface area contributed by atoms with E-state index in [0.29, 0.717) is 5.56 Å². The van der Waals surface area contributed by atoms with E-state index in [0.717, 1.165) is 0 Å². The van der Waals surface area contributed by atoms with Crippen LogP contribution in [0, 0.1) is 0 Å². The monoisotopic (exact) mass is 158 g/mol. The molecule has 0 fully saturated rings. The molecule has 0 N–H and O–H groups in total. The van der Waals surface area contributed by atoms with Gasteiger partial charge in [-0.15, -0.1) is 0 Å². The van der Waals surface area contributed by atoms with Gasteiger partial charge in [-0.2, -0.15) is 0 Å². The van der Waals surface area contributed by atoms with Crippen LogP contribution in [0.5, 0.6) is 0 Å². The predicted octanol–water partition coefficient (Wildman–Crippen LogP) is 0.412. The molecule has 53 valence electrons. The standard InChI is InChI=1S/C8H8NO.Na.H/c1-9-8(10)7-5-3-2-4-6-7;;/h2-6H,1H3;;. The second-order valence-corrected chi connectivity index (χ2v) is 1.89. The summed E-state index contributed by atoms with van der Waals surface area (Å²) in [5.41, 5.74) is 0.644. The molecule has 0 atom stereocenters. The van der Waals surface area contributed by atoms with Crippen LogP contribution in [0.4, 0.5) is 0 Å². The Bertz CT molecular complexity index is 223. The molecule has 1 radical (unpaired) electrons. The molecule has 1 rings (SSSR count). The quantitative estimate of drug-likeness (QED) is 0.545. The first-order chi connectivity index (χ1) is 4.84. The average Bonchev–Trinajstić information content (AvgIpc) is 2.05. The maximum absolute atomic E-state index is 10.8. The van der Waals surface area contributed by atoms with E-state index >= 15 is 0 Å². The zero-order valence-electron chi connectivity index (χ0n) is 5.74. The number of hydrogen-bond donors (Lipinski definition) is 0. The van der Waals surface area contributed by atoms with Gasteiger partial charge in [0.25, 0.3) is 5.91 Å². The Kier molecular flexibility index (Phi) is 5.20. The van der Waals surface area contributed by atoms with Gasteiger partial charge in [-0.25, -0.2) is 0 Å². The molecule has 0 aliphatic carbocycles. The van der Waals surface area contributed by atoms with E-state index in [9.17, 15) is 4.79 Å². The third-order valence-corrected chi connectivity index (χ3v) is 1.22. The van der Waals surface area contributed by atoms with Gasteiger partial charge in [-0.05, 0) is 12.1 Å². The van der Waals surface area contributed by atoms with Crippen molar-refractivity contribution in [2.24, 2.45) is 0 Å². The van der Waals surface area contributed by atoms with E-state index in [4.69, 9.17) is 0 Å². The first-order valence-electron chi connectivity index (χ1n) is 3.04. The Morgan fingerprint density at radius 1 is 1.27 bits per heavy atom. The summed E-state index contributed by atoms with van der Waals surface area (Å²) < 4.78 is 0. The number of carbonyl (C=O) groups excluding carboxylic acids is 1. The van der Waals surface area contributed by atoms with Crippen LogP contribution in [0.2, 0.25) is 0 Å². The first-order valence-corrected chi connectivity index (χ1v) is 3.04. The summed E-state index contributed by atoms with van der Waals surface area (Å²) >= 11 is 0. The van der Waals surface area contributed by atoms with E-state index in [2.05, 4.69) is 5.32 Å². The minimum atomic E-state index is -0.166. The molecule has 0 aliphatic heterocycles. The maximum atomic E-state index is 10.8. The van der Waals surface area contributed by atoms with Gasteiger partial charge in [0, 0.05) is 12.6 Å².